The number of nitrogens with one attached hydrogen (secondary N) is 2. The minimum absolute atomic E-state index is 0.264. The van der Waals surface area contributed by atoms with Crippen LogP contribution in [0.1, 0.15) is 13.8 Å². The lowest BCUT2D eigenvalue weighted by molar-refractivity contribution is 0.246. The Kier molecular flexibility index (Phi) is 8.05. The maximum absolute atomic E-state index is 12.1. The largest absolute Gasteiger partial charge is 0.490 e. The zero-order valence-corrected chi connectivity index (χ0v) is 17.6. The minimum atomic E-state index is -0.347. The second-order valence-electron chi connectivity index (χ2n) is 6.38. The van der Waals surface area contributed by atoms with Crippen molar-refractivity contribution >= 4 is 11.7 Å². The van der Waals surface area contributed by atoms with E-state index in [0.29, 0.717) is 42.8 Å². The van der Waals surface area contributed by atoms with Crippen LogP contribution in [0.4, 0.5) is 10.5 Å². The highest BCUT2D eigenvalue weighted by Crippen LogP contribution is 2.30. The molecule has 0 atom stereocenters. The second kappa shape index (κ2) is 11.4. The summed E-state index contributed by atoms with van der Waals surface area (Å²) < 4.78 is 16.6. The van der Waals surface area contributed by atoms with E-state index in [-0.39, 0.29) is 12.6 Å². The predicted octanol–water partition coefficient (Wildman–Crippen LogP) is 4.14. The summed E-state index contributed by atoms with van der Waals surface area (Å²) in [5.41, 5.74) is 2.36. The number of nitrogens with zero attached hydrogens (tertiary/aromatic N) is 2. The van der Waals surface area contributed by atoms with Gasteiger partial charge in [-0.2, -0.15) is 0 Å². The van der Waals surface area contributed by atoms with Gasteiger partial charge in [0.2, 0.25) is 5.88 Å². The summed E-state index contributed by atoms with van der Waals surface area (Å²) in [7, 11) is 0. The van der Waals surface area contributed by atoms with Crippen LogP contribution in [0.3, 0.4) is 0 Å². The summed E-state index contributed by atoms with van der Waals surface area (Å²) in [6.45, 7) is 5.40. The van der Waals surface area contributed by atoms with Gasteiger partial charge in [-0.3, -0.25) is 0 Å². The van der Waals surface area contributed by atoms with Gasteiger partial charge < -0.3 is 24.8 Å². The van der Waals surface area contributed by atoms with E-state index in [0.717, 1.165) is 11.3 Å². The molecule has 1 aromatic heterocycles. The molecule has 0 fully saturated rings. The molecule has 3 aromatic rings. The molecule has 1 heterocycles. The fraction of sp³-hybridized carbons (Fsp3) is 0.261. The van der Waals surface area contributed by atoms with Crippen molar-refractivity contribution in [3.05, 3.63) is 60.7 Å². The first-order valence-electron chi connectivity index (χ1n) is 10.2. The Morgan fingerprint density at radius 3 is 2.35 bits per heavy atom. The molecule has 162 valence electrons. The Balaban J connectivity index is 1.43. The van der Waals surface area contributed by atoms with Gasteiger partial charge in [-0.15, -0.1) is 10.2 Å². The average molecular weight is 422 g/mol. The lowest BCUT2D eigenvalue weighted by Gasteiger charge is -2.13. The number of hydrogen-bond donors (Lipinski definition) is 2. The highest BCUT2D eigenvalue weighted by atomic mass is 16.5. The van der Waals surface area contributed by atoms with Crippen molar-refractivity contribution in [1.29, 1.82) is 0 Å². The van der Waals surface area contributed by atoms with Gasteiger partial charge in [-0.1, -0.05) is 30.3 Å². The number of rotatable bonds is 10. The van der Waals surface area contributed by atoms with Gasteiger partial charge >= 0.3 is 6.03 Å². The third-order valence-electron chi connectivity index (χ3n) is 4.15. The van der Waals surface area contributed by atoms with Crippen molar-refractivity contribution in [2.45, 2.75) is 13.8 Å². The summed E-state index contributed by atoms with van der Waals surface area (Å²) in [6, 6.07) is 18.3. The Morgan fingerprint density at radius 2 is 1.65 bits per heavy atom. The lowest BCUT2D eigenvalue weighted by Crippen LogP contribution is -2.32. The zero-order valence-electron chi connectivity index (χ0n) is 17.6. The van der Waals surface area contributed by atoms with Crippen LogP contribution >= 0.6 is 0 Å². The van der Waals surface area contributed by atoms with E-state index in [4.69, 9.17) is 14.2 Å². The Hall–Kier alpha value is -3.81. The molecule has 2 amide bonds. The number of carbonyl (C=O) groups excluding carboxylic acids is 1. The van der Waals surface area contributed by atoms with Gasteiger partial charge in [0.05, 0.1) is 25.5 Å². The van der Waals surface area contributed by atoms with Crippen LogP contribution in [0.25, 0.3) is 11.3 Å². The van der Waals surface area contributed by atoms with Gasteiger partial charge in [-0.25, -0.2) is 4.79 Å². The quantitative estimate of drug-likeness (QED) is 0.477. The van der Waals surface area contributed by atoms with Crippen LogP contribution in [-0.4, -0.2) is 42.6 Å². The number of aromatic nitrogens is 2. The van der Waals surface area contributed by atoms with E-state index in [1.165, 1.54) is 0 Å². The molecule has 31 heavy (non-hydrogen) atoms. The molecule has 0 saturated carbocycles. The average Bonchev–Trinajstić information content (AvgIpc) is 2.80. The molecule has 2 N–H and O–H groups in total. The van der Waals surface area contributed by atoms with Gasteiger partial charge in [0.1, 0.15) is 6.61 Å². The molecule has 3 rings (SSSR count). The summed E-state index contributed by atoms with van der Waals surface area (Å²) in [4.78, 5) is 12.1. The highest BCUT2D eigenvalue weighted by Gasteiger charge is 2.08. The first kappa shape index (κ1) is 21.9. The van der Waals surface area contributed by atoms with Crippen LogP contribution in [0.5, 0.6) is 17.4 Å². The number of ether oxygens (including phenoxy) is 3. The topological polar surface area (TPSA) is 94.6 Å². The molecule has 0 radical (unpaired) electrons. The normalized spacial score (nSPS) is 10.3. The molecule has 2 aromatic carbocycles. The number of amides is 2. The van der Waals surface area contributed by atoms with E-state index >= 15 is 0 Å². The van der Waals surface area contributed by atoms with Crippen molar-refractivity contribution in [2.24, 2.45) is 0 Å². The van der Waals surface area contributed by atoms with Gasteiger partial charge in [0, 0.05) is 23.4 Å². The van der Waals surface area contributed by atoms with E-state index in [1.807, 2.05) is 50.2 Å². The fourth-order valence-electron chi connectivity index (χ4n) is 2.78. The summed E-state index contributed by atoms with van der Waals surface area (Å²) in [5, 5.41) is 13.7. The summed E-state index contributed by atoms with van der Waals surface area (Å²) >= 11 is 0. The minimum Gasteiger partial charge on any atom is -0.490 e. The molecular weight excluding hydrogens is 396 g/mol. The highest BCUT2D eigenvalue weighted by molar-refractivity contribution is 5.89. The number of urea groups is 1. The SMILES string of the molecule is CCOc1ccc(NC(=O)NCCOc2ccc(-c3ccccc3)nn2)cc1OCC. The second-order valence-corrected chi connectivity index (χ2v) is 6.38. The Labute approximate surface area is 181 Å². The van der Waals surface area contributed by atoms with Crippen molar-refractivity contribution < 1.29 is 19.0 Å². The van der Waals surface area contributed by atoms with Crippen molar-refractivity contribution in [2.75, 3.05) is 31.7 Å². The van der Waals surface area contributed by atoms with E-state index in [2.05, 4.69) is 20.8 Å². The van der Waals surface area contributed by atoms with Crippen LogP contribution in [0.15, 0.2) is 60.7 Å². The monoisotopic (exact) mass is 422 g/mol. The first-order valence-corrected chi connectivity index (χ1v) is 10.2. The van der Waals surface area contributed by atoms with Crippen LogP contribution < -0.4 is 24.8 Å². The van der Waals surface area contributed by atoms with Crippen LogP contribution in [0.2, 0.25) is 0 Å². The number of carbonyl (C=O) groups is 1. The molecule has 0 saturated heterocycles. The van der Waals surface area contributed by atoms with Gasteiger partial charge in [0.15, 0.2) is 11.5 Å². The molecule has 0 aliphatic heterocycles. The zero-order chi connectivity index (χ0) is 21.9. The van der Waals surface area contributed by atoms with Gasteiger partial charge in [0.25, 0.3) is 0 Å². The fourth-order valence-corrected chi connectivity index (χ4v) is 2.78. The summed E-state index contributed by atoms with van der Waals surface area (Å²) in [5.74, 6) is 1.63. The maximum Gasteiger partial charge on any atom is 0.319 e. The van der Waals surface area contributed by atoms with Gasteiger partial charge in [-0.05, 0) is 32.0 Å². The predicted molar refractivity (Wildman–Crippen MR) is 119 cm³/mol. The van der Waals surface area contributed by atoms with E-state index < -0.39 is 0 Å². The van der Waals surface area contributed by atoms with Crippen molar-refractivity contribution in [3.8, 4) is 28.6 Å². The standard InChI is InChI=1S/C23H26N4O4/c1-3-29-20-12-10-18(16-21(20)30-4-2)25-23(28)24-14-15-31-22-13-11-19(26-27-22)17-8-6-5-7-9-17/h5-13,16H,3-4,14-15H2,1-2H3,(H2,24,25,28). The molecule has 8 nitrogen and oxygen atoms in total. The summed E-state index contributed by atoms with van der Waals surface area (Å²) in [6.07, 6.45) is 0. The molecule has 0 aliphatic rings. The van der Waals surface area contributed by atoms with Crippen LogP contribution in [0, 0.1) is 0 Å². The van der Waals surface area contributed by atoms with Crippen molar-refractivity contribution in [1.82, 2.24) is 15.5 Å². The molecule has 8 heteroatoms. The number of anilines is 1. The van der Waals surface area contributed by atoms with Crippen LogP contribution in [-0.2, 0) is 0 Å². The third-order valence-corrected chi connectivity index (χ3v) is 4.15. The third kappa shape index (κ3) is 6.60. The number of benzene rings is 2. The number of hydrogen-bond acceptors (Lipinski definition) is 6. The van der Waals surface area contributed by atoms with E-state index in [1.54, 1.807) is 24.3 Å². The van der Waals surface area contributed by atoms with Crippen molar-refractivity contribution in [3.63, 3.8) is 0 Å². The maximum atomic E-state index is 12.1. The molecule has 0 bridgehead atoms. The lowest BCUT2D eigenvalue weighted by atomic mass is 10.1. The Bertz CT molecular complexity index is 965. The molecular formula is C23H26N4O4. The van der Waals surface area contributed by atoms with E-state index in [9.17, 15) is 4.79 Å². The molecule has 0 unspecified atom stereocenters. The Morgan fingerprint density at radius 1 is 0.871 bits per heavy atom. The first-order chi connectivity index (χ1) is 15.2. The molecule has 0 spiro atoms. The molecule has 0 aliphatic carbocycles. The smallest absolute Gasteiger partial charge is 0.319 e.